The molecule has 2 heterocycles. The average molecular weight is 309 g/mol. The third-order valence-corrected chi connectivity index (χ3v) is 2.80. The SMILES string of the molecule is Nc1nc(=O)n([C@@H]2OC(CO)=C(O)C2O)cc1C(F)(F)F. The monoisotopic (exact) mass is 309 g/mol. The predicted octanol–water partition coefficient (Wildman–Crippen LogP) is -0.504. The van der Waals surface area contributed by atoms with Crippen LogP contribution in [0.4, 0.5) is 19.0 Å². The van der Waals surface area contributed by atoms with E-state index in [0.29, 0.717) is 10.8 Å². The molecular formula is C10H10F3N3O5. The lowest BCUT2D eigenvalue weighted by Gasteiger charge is -2.19. The average Bonchev–Trinajstić information content (AvgIpc) is 2.65. The second-order valence-corrected chi connectivity index (χ2v) is 4.15. The fourth-order valence-corrected chi connectivity index (χ4v) is 1.78. The van der Waals surface area contributed by atoms with Gasteiger partial charge >= 0.3 is 11.9 Å². The van der Waals surface area contributed by atoms with Gasteiger partial charge < -0.3 is 25.8 Å². The lowest BCUT2D eigenvalue weighted by molar-refractivity contribution is -0.138. The molecule has 0 spiro atoms. The van der Waals surface area contributed by atoms with E-state index in [2.05, 4.69) is 4.98 Å². The maximum Gasteiger partial charge on any atom is 0.421 e. The Morgan fingerprint density at radius 1 is 1.48 bits per heavy atom. The van der Waals surface area contributed by atoms with Crippen molar-refractivity contribution in [1.82, 2.24) is 9.55 Å². The number of nitrogens with zero attached hydrogens (tertiary/aromatic N) is 2. The van der Waals surface area contributed by atoms with Crippen molar-refractivity contribution in [3.8, 4) is 0 Å². The van der Waals surface area contributed by atoms with Gasteiger partial charge in [-0.2, -0.15) is 18.2 Å². The summed E-state index contributed by atoms with van der Waals surface area (Å²) in [4.78, 5) is 14.6. The number of nitrogen functional groups attached to an aromatic ring is 1. The molecule has 0 bridgehead atoms. The van der Waals surface area contributed by atoms with Gasteiger partial charge in [0.1, 0.15) is 18.0 Å². The summed E-state index contributed by atoms with van der Waals surface area (Å²) in [5.74, 6) is -2.25. The van der Waals surface area contributed by atoms with Crippen molar-refractivity contribution in [3.05, 3.63) is 33.8 Å². The summed E-state index contributed by atoms with van der Waals surface area (Å²) in [5.41, 5.74) is 2.44. The predicted molar refractivity (Wildman–Crippen MR) is 60.8 cm³/mol. The van der Waals surface area contributed by atoms with Gasteiger partial charge in [-0.1, -0.05) is 0 Å². The second-order valence-electron chi connectivity index (χ2n) is 4.15. The largest absolute Gasteiger partial charge is 0.506 e. The molecule has 8 nitrogen and oxygen atoms in total. The Balaban J connectivity index is 2.50. The number of ether oxygens (including phenoxy) is 1. The van der Waals surface area contributed by atoms with Crippen LogP contribution < -0.4 is 11.4 Å². The number of alkyl halides is 3. The van der Waals surface area contributed by atoms with Gasteiger partial charge in [-0.3, -0.25) is 4.57 Å². The zero-order chi connectivity index (χ0) is 15.9. The van der Waals surface area contributed by atoms with Crippen molar-refractivity contribution < 1.29 is 33.2 Å². The molecule has 1 aliphatic heterocycles. The summed E-state index contributed by atoms with van der Waals surface area (Å²) < 4.78 is 43.4. The van der Waals surface area contributed by atoms with Gasteiger partial charge in [0, 0.05) is 6.20 Å². The highest BCUT2D eigenvalue weighted by Gasteiger charge is 2.40. The van der Waals surface area contributed by atoms with Crippen LogP contribution >= 0.6 is 0 Å². The highest BCUT2D eigenvalue weighted by molar-refractivity contribution is 5.39. The Morgan fingerprint density at radius 3 is 2.57 bits per heavy atom. The van der Waals surface area contributed by atoms with E-state index in [9.17, 15) is 28.2 Å². The van der Waals surface area contributed by atoms with Gasteiger partial charge in [-0.25, -0.2) is 4.79 Å². The molecule has 1 aliphatic rings. The molecule has 11 heteroatoms. The Kier molecular flexibility index (Phi) is 3.55. The number of hydrogen-bond donors (Lipinski definition) is 4. The van der Waals surface area contributed by atoms with E-state index >= 15 is 0 Å². The van der Waals surface area contributed by atoms with Crippen LogP contribution in [0.5, 0.6) is 0 Å². The summed E-state index contributed by atoms with van der Waals surface area (Å²) in [6.45, 7) is -0.803. The highest BCUT2D eigenvalue weighted by atomic mass is 19.4. The number of rotatable bonds is 2. The normalized spacial score (nSPS) is 22.5. The highest BCUT2D eigenvalue weighted by Crippen LogP contribution is 2.34. The molecule has 0 aromatic carbocycles. The van der Waals surface area contributed by atoms with Crippen molar-refractivity contribution >= 4 is 5.82 Å². The van der Waals surface area contributed by atoms with Crippen molar-refractivity contribution in [2.45, 2.75) is 18.5 Å². The fourth-order valence-electron chi connectivity index (χ4n) is 1.78. The van der Waals surface area contributed by atoms with Gasteiger partial charge in [-0.05, 0) is 0 Å². The molecule has 116 valence electrons. The van der Waals surface area contributed by atoms with E-state index in [1.165, 1.54) is 0 Å². The van der Waals surface area contributed by atoms with Crippen LogP contribution in [0.1, 0.15) is 11.8 Å². The Bertz CT molecular complexity index is 654. The zero-order valence-corrected chi connectivity index (χ0v) is 10.2. The molecule has 2 atom stereocenters. The summed E-state index contributed by atoms with van der Waals surface area (Å²) in [6, 6.07) is 0. The number of halogens is 3. The lowest BCUT2D eigenvalue weighted by Crippen LogP contribution is -2.34. The van der Waals surface area contributed by atoms with Crippen LogP contribution in [0.25, 0.3) is 0 Å². The standard InChI is InChI=1S/C10H10F3N3O5/c11-10(12,13)3-1-16(9(20)15-7(3)14)8-6(19)5(18)4(2-17)21-8/h1,6,8,17-19H,2H2,(H2,14,15,20)/t6?,8-/m1/s1. The number of anilines is 1. The van der Waals surface area contributed by atoms with Crippen LogP contribution in [0.2, 0.25) is 0 Å². The molecule has 1 unspecified atom stereocenters. The Labute approximate surface area is 114 Å². The van der Waals surface area contributed by atoms with Gasteiger partial charge in [0.2, 0.25) is 6.23 Å². The van der Waals surface area contributed by atoms with Crippen LogP contribution in [-0.4, -0.2) is 37.6 Å². The number of nitrogens with two attached hydrogens (primary N) is 1. The van der Waals surface area contributed by atoms with Crippen molar-refractivity contribution in [1.29, 1.82) is 0 Å². The number of aromatic nitrogens is 2. The van der Waals surface area contributed by atoms with Gasteiger partial charge in [0.25, 0.3) is 0 Å². The minimum absolute atomic E-state index is 0.326. The smallest absolute Gasteiger partial charge is 0.421 e. The second kappa shape index (κ2) is 4.93. The Morgan fingerprint density at radius 2 is 2.10 bits per heavy atom. The molecule has 0 saturated heterocycles. The third-order valence-electron chi connectivity index (χ3n) is 2.80. The van der Waals surface area contributed by atoms with Crippen molar-refractivity contribution in [2.75, 3.05) is 12.3 Å². The van der Waals surface area contributed by atoms with E-state index in [1.54, 1.807) is 0 Å². The summed E-state index contributed by atoms with van der Waals surface area (Å²) in [6.07, 6.45) is -8.05. The van der Waals surface area contributed by atoms with E-state index in [4.69, 9.17) is 15.6 Å². The molecule has 0 aliphatic carbocycles. The van der Waals surface area contributed by atoms with Gasteiger partial charge in [0.05, 0.1) is 0 Å². The number of hydrogen-bond acceptors (Lipinski definition) is 7. The molecule has 1 aromatic rings. The minimum Gasteiger partial charge on any atom is -0.506 e. The Hall–Kier alpha value is -2.27. The maximum absolute atomic E-state index is 12.7. The van der Waals surface area contributed by atoms with Gasteiger partial charge in [-0.15, -0.1) is 0 Å². The first kappa shape index (κ1) is 15.1. The van der Waals surface area contributed by atoms with E-state index < -0.39 is 53.7 Å². The number of aliphatic hydroxyl groups excluding tert-OH is 3. The fraction of sp³-hybridized carbons (Fsp3) is 0.400. The van der Waals surface area contributed by atoms with E-state index in [-0.39, 0.29) is 0 Å². The molecule has 2 rings (SSSR count). The van der Waals surface area contributed by atoms with Crippen LogP contribution in [0.3, 0.4) is 0 Å². The zero-order valence-electron chi connectivity index (χ0n) is 10.2. The molecule has 1 aromatic heterocycles. The maximum atomic E-state index is 12.7. The molecule has 5 N–H and O–H groups in total. The van der Waals surface area contributed by atoms with E-state index in [1.807, 2.05) is 0 Å². The molecule has 0 saturated carbocycles. The molecular weight excluding hydrogens is 299 g/mol. The van der Waals surface area contributed by atoms with Crippen LogP contribution in [-0.2, 0) is 10.9 Å². The number of aliphatic hydroxyl groups is 3. The minimum atomic E-state index is -4.87. The van der Waals surface area contributed by atoms with Crippen molar-refractivity contribution in [2.24, 2.45) is 0 Å². The first-order valence-electron chi connectivity index (χ1n) is 5.50. The lowest BCUT2D eigenvalue weighted by atomic mass is 10.2. The van der Waals surface area contributed by atoms with E-state index in [0.717, 1.165) is 0 Å². The third kappa shape index (κ3) is 2.52. The first-order chi connectivity index (χ1) is 9.66. The quantitative estimate of drug-likeness (QED) is 0.579. The first-order valence-corrected chi connectivity index (χ1v) is 5.50. The van der Waals surface area contributed by atoms with Gasteiger partial charge in [0.15, 0.2) is 17.6 Å². The summed E-state index contributed by atoms with van der Waals surface area (Å²) in [5, 5.41) is 27.9. The molecule has 0 fully saturated rings. The topological polar surface area (TPSA) is 131 Å². The van der Waals surface area contributed by atoms with Crippen molar-refractivity contribution in [3.63, 3.8) is 0 Å². The summed E-state index contributed by atoms with van der Waals surface area (Å²) in [7, 11) is 0. The van der Waals surface area contributed by atoms with Crippen LogP contribution in [0, 0.1) is 0 Å². The molecule has 0 radical (unpaired) electrons. The molecule has 21 heavy (non-hydrogen) atoms. The van der Waals surface area contributed by atoms with Crippen LogP contribution in [0.15, 0.2) is 22.5 Å². The molecule has 0 amide bonds. The summed E-state index contributed by atoms with van der Waals surface area (Å²) >= 11 is 0.